The first-order valence-corrected chi connectivity index (χ1v) is 8.60. The van der Waals surface area contributed by atoms with Crippen LogP contribution in [0.4, 0.5) is 0 Å². The molecule has 0 spiro atoms. The molecule has 0 bridgehead atoms. The third-order valence-electron chi connectivity index (χ3n) is 4.61. The van der Waals surface area contributed by atoms with E-state index in [0.29, 0.717) is 17.3 Å². The van der Waals surface area contributed by atoms with Crippen LogP contribution < -0.4 is 9.47 Å². The van der Waals surface area contributed by atoms with Gasteiger partial charge in [-0.2, -0.15) is 10.1 Å². The summed E-state index contributed by atoms with van der Waals surface area (Å²) < 4.78 is 12.3. The summed E-state index contributed by atoms with van der Waals surface area (Å²) in [4.78, 5) is 19.3. The van der Waals surface area contributed by atoms with Crippen LogP contribution >= 0.6 is 0 Å². The Hall–Kier alpha value is -2.57. The molecular formula is C18H24N4O3. The van der Waals surface area contributed by atoms with Crippen molar-refractivity contribution in [2.75, 3.05) is 20.8 Å². The van der Waals surface area contributed by atoms with Crippen molar-refractivity contribution in [3.63, 3.8) is 0 Å². The largest absolute Gasteiger partial charge is 0.481 e. The summed E-state index contributed by atoms with van der Waals surface area (Å²) in [5, 5.41) is 4.24. The lowest BCUT2D eigenvalue weighted by Crippen LogP contribution is -2.44. The number of carbonyl (C=O) groups excluding carboxylic acids is 1. The van der Waals surface area contributed by atoms with Crippen LogP contribution in [-0.2, 0) is 6.54 Å². The molecule has 0 saturated carbocycles. The average Bonchev–Trinajstić information content (AvgIpc) is 3.19. The Balaban J connectivity index is 1.76. The second kappa shape index (κ2) is 8.00. The van der Waals surface area contributed by atoms with Crippen LogP contribution in [0, 0.1) is 0 Å². The van der Waals surface area contributed by atoms with Crippen LogP contribution in [0.1, 0.15) is 36.0 Å². The third kappa shape index (κ3) is 3.92. The highest BCUT2D eigenvalue weighted by molar-refractivity contribution is 5.96. The molecule has 0 aliphatic carbocycles. The second-order valence-corrected chi connectivity index (χ2v) is 6.12. The number of hydrogen-bond donors (Lipinski definition) is 0. The number of piperidine rings is 1. The molecule has 1 aliphatic rings. The molecule has 1 aliphatic heterocycles. The fourth-order valence-electron chi connectivity index (χ4n) is 3.29. The van der Waals surface area contributed by atoms with Gasteiger partial charge in [-0.15, -0.1) is 0 Å². The predicted octanol–water partition coefficient (Wildman–Crippen LogP) is 2.38. The number of amides is 1. The van der Waals surface area contributed by atoms with Crippen LogP contribution in [0.15, 0.2) is 30.6 Å². The Bertz CT molecular complexity index is 702. The average molecular weight is 344 g/mol. The second-order valence-electron chi connectivity index (χ2n) is 6.12. The number of nitrogens with zero attached hydrogens (tertiary/aromatic N) is 4. The van der Waals surface area contributed by atoms with Crippen LogP contribution in [0.3, 0.4) is 0 Å². The van der Waals surface area contributed by atoms with Crippen molar-refractivity contribution in [3.8, 4) is 11.8 Å². The molecule has 2 aromatic heterocycles. The smallest absolute Gasteiger partial charge is 0.259 e. The number of rotatable bonds is 6. The first-order chi connectivity index (χ1) is 12.2. The summed E-state index contributed by atoms with van der Waals surface area (Å²) in [6, 6.07) is 5.54. The molecule has 0 unspecified atom stereocenters. The maximum absolute atomic E-state index is 13.1. The quantitative estimate of drug-likeness (QED) is 0.805. The van der Waals surface area contributed by atoms with Crippen molar-refractivity contribution < 1.29 is 14.3 Å². The molecule has 0 radical (unpaired) electrons. The fraction of sp³-hybridized carbons (Fsp3) is 0.500. The topological polar surface area (TPSA) is 69.5 Å². The Labute approximate surface area is 147 Å². The molecule has 7 nitrogen and oxygen atoms in total. The van der Waals surface area contributed by atoms with Gasteiger partial charge in [0.15, 0.2) is 0 Å². The van der Waals surface area contributed by atoms with E-state index in [1.165, 1.54) is 7.11 Å². The molecule has 3 heterocycles. The highest BCUT2D eigenvalue weighted by Gasteiger charge is 2.29. The SMILES string of the molecule is COc1ccc(C(=O)N2CCCC[C@@H]2CCn2cccn2)c(OC)n1. The maximum Gasteiger partial charge on any atom is 0.259 e. The van der Waals surface area contributed by atoms with Gasteiger partial charge in [0.1, 0.15) is 5.56 Å². The van der Waals surface area contributed by atoms with Gasteiger partial charge in [0, 0.05) is 37.6 Å². The molecule has 1 fully saturated rings. The van der Waals surface area contributed by atoms with Gasteiger partial charge in [0.2, 0.25) is 11.8 Å². The van der Waals surface area contributed by atoms with E-state index in [4.69, 9.17) is 9.47 Å². The lowest BCUT2D eigenvalue weighted by Gasteiger charge is -2.36. The highest BCUT2D eigenvalue weighted by Crippen LogP contribution is 2.26. The first-order valence-electron chi connectivity index (χ1n) is 8.60. The van der Waals surface area contributed by atoms with Gasteiger partial charge < -0.3 is 14.4 Å². The lowest BCUT2D eigenvalue weighted by atomic mass is 9.98. The molecule has 0 aromatic carbocycles. The summed E-state index contributed by atoms with van der Waals surface area (Å²) >= 11 is 0. The summed E-state index contributed by atoms with van der Waals surface area (Å²) in [6.07, 6.45) is 7.79. The van der Waals surface area contributed by atoms with Crippen LogP contribution in [0.5, 0.6) is 11.8 Å². The van der Waals surface area contributed by atoms with Gasteiger partial charge in [-0.05, 0) is 37.8 Å². The van der Waals surface area contributed by atoms with Gasteiger partial charge in [0.05, 0.1) is 14.2 Å². The normalized spacial score (nSPS) is 17.4. The highest BCUT2D eigenvalue weighted by atomic mass is 16.5. The number of carbonyl (C=O) groups is 1. The Morgan fingerprint density at radius 1 is 1.28 bits per heavy atom. The monoisotopic (exact) mass is 344 g/mol. The van der Waals surface area contributed by atoms with Gasteiger partial charge in [-0.1, -0.05) is 0 Å². The molecule has 1 saturated heterocycles. The van der Waals surface area contributed by atoms with Crippen molar-refractivity contribution >= 4 is 5.91 Å². The van der Waals surface area contributed by atoms with Crippen molar-refractivity contribution in [1.29, 1.82) is 0 Å². The standard InChI is InChI=1S/C18H24N4O3/c1-24-16-8-7-15(17(20-16)25-2)18(23)22-12-4-3-6-14(22)9-13-21-11-5-10-19-21/h5,7-8,10-11,14H,3-4,6,9,12-13H2,1-2H3/t14-/m1/s1. The zero-order valence-electron chi connectivity index (χ0n) is 14.7. The summed E-state index contributed by atoms with van der Waals surface area (Å²) in [6.45, 7) is 1.57. The number of likely N-dealkylation sites (tertiary alicyclic amines) is 1. The van der Waals surface area contributed by atoms with E-state index in [2.05, 4.69) is 10.1 Å². The van der Waals surface area contributed by atoms with Crippen molar-refractivity contribution in [1.82, 2.24) is 19.7 Å². The molecule has 3 rings (SSSR count). The molecule has 7 heteroatoms. The molecule has 134 valence electrons. The van der Waals surface area contributed by atoms with Crippen LogP contribution in [0.25, 0.3) is 0 Å². The van der Waals surface area contributed by atoms with Crippen LogP contribution in [-0.4, -0.2) is 52.4 Å². The lowest BCUT2D eigenvalue weighted by molar-refractivity contribution is 0.0589. The minimum absolute atomic E-state index is 0.0304. The van der Waals surface area contributed by atoms with Gasteiger partial charge >= 0.3 is 0 Å². The zero-order chi connectivity index (χ0) is 17.6. The van der Waals surface area contributed by atoms with E-state index < -0.39 is 0 Å². The van der Waals surface area contributed by atoms with Gasteiger partial charge in [-0.3, -0.25) is 9.48 Å². The van der Waals surface area contributed by atoms with Crippen molar-refractivity contribution in [2.24, 2.45) is 0 Å². The minimum Gasteiger partial charge on any atom is -0.481 e. The number of ether oxygens (including phenoxy) is 2. The number of hydrogen-bond acceptors (Lipinski definition) is 5. The molecule has 25 heavy (non-hydrogen) atoms. The Morgan fingerprint density at radius 3 is 2.88 bits per heavy atom. The summed E-state index contributed by atoms with van der Waals surface area (Å²) in [7, 11) is 3.06. The van der Waals surface area contributed by atoms with Gasteiger partial charge in [-0.25, -0.2) is 0 Å². The van der Waals surface area contributed by atoms with E-state index in [1.54, 1.807) is 25.4 Å². The number of aryl methyl sites for hydroxylation is 1. The predicted molar refractivity (Wildman–Crippen MR) is 92.9 cm³/mol. The maximum atomic E-state index is 13.1. The number of methoxy groups -OCH3 is 2. The first kappa shape index (κ1) is 17.3. The number of pyridine rings is 1. The van der Waals surface area contributed by atoms with Crippen molar-refractivity contribution in [2.45, 2.75) is 38.3 Å². The van der Waals surface area contributed by atoms with E-state index >= 15 is 0 Å². The third-order valence-corrected chi connectivity index (χ3v) is 4.61. The van der Waals surface area contributed by atoms with Crippen LogP contribution in [0.2, 0.25) is 0 Å². The van der Waals surface area contributed by atoms with Crippen molar-refractivity contribution in [3.05, 3.63) is 36.2 Å². The van der Waals surface area contributed by atoms with E-state index in [9.17, 15) is 4.79 Å². The zero-order valence-corrected chi connectivity index (χ0v) is 14.7. The minimum atomic E-state index is -0.0304. The molecule has 2 aromatic rings. The molecule has 0 N–H and O–H groups in total. The molecular weight excluding hydrogens is 320 g/mol. The molecule has 1 amide bonds. The molecule has 1 atom stereocenters. The van der Waals surface area contributed by atoms with Gasteiger partial charge in [0.25, 0.3) is 5.91 Å². The summed E-state index contributed by atoms with van der Waals surface area (Å²) in [5.41, 5.74) is 0.481. The van der Waals surface area contributed by atoms with E-state index in [-0.39, 0.29) is 11.9 Å². The van der Waals surface area contributed by atoms with E-state index in [0.717, 1.165) is 38.8 Å². The van der Waals surface area contributed by atoms with E-state index in [1.807, 2.05) is 21.8 Å². The number of aromatic nitrogens is 3. The Morgan fingerprint density at radius 2 is 2.16 bits per heavy atom. The summed E-state index contributed by atoms with van der Waals surface area (Å²) in [5.74, 6) is 0.709. The Kier molecular flexibility index (Phi) is 5.53. The fourth-order valence-corrected chi connectivity index (χ4v) is 3.29.